The molecule has 0 fully saturated rings. The van der Waals surface area contributed by atoms with Gasteiger partial charge in [0.05, 0.1) is 0 Å². The molecular formula is C42H50Sb. The summed E-state index contributed by atoms with van der Waals surface area (Å²) >= 11 is -0.853. The van der Waals surface area contributed by atoms with E-state index < -0.39 is 21.6 Å². The Hall–Kier alpha value is -2.30. The van der Waals surface area contributed by atoms with Crippen molar-refractivity contribution in [1.82, 2.24) is 0 Å². The van der Waals surface area contributed by atoms with E-state index in [1.54, 1.807) is 22.3 Å². The Morgan fingerprint density at radius 2 is 0.558 bits per heavy atom. The predicted molar refractivity (Wildman–Crippen MR) is 188 cm³/mol. The van der Waals surface area contributed by atoms with Gasteiger partial charge in [0.1, 0.15) is 0 Å². The van der Waals surface area contributed by atoms with Crippen LogP contribution in [0.15, 0.2) is 72.8 Å². The SMILES string of the molecule is CC(C)(C)c1ccc2c(c1)[CH]([Sb][CH]1c3cc(C(C)(C)C)ccc3-c3ccc(C(C)(C)C)cc31)c1cc(C(C)(C)C)ccc1-2. The van der Waals surface area contributed by atoms with Gasteiger partial charge in [0.15, 0.2) is 0 Å². The third-order valence-electron chi connectivity index (χ3n) is 9.73. The van der Waals surface area contributed by atoms with Crippen molar-refractivity contribution >= 4 is 21.6 Å². The van der Waals surface area contributed by atoms with E-state index in [-0.39, 0.29) is 21.7 Å². The van der Waals surface area contributed by atoms with Crippen molar-refractivity contribution in [2.24, 2.45) is 0 Å². The molecule has 1 heteroatoms. The molecule has 0 amide bonds. The first kappa shape index (κ1) is 30.7. The Balaban J connectivity index is 1.57. The van der Waals surface area contributed by atoms with Crippen LogP contribution in [0.4, 0.5) is 0 Å². The van der Waals surface area contributed by atoms with Crippen LogP contribution in [0.5, 0.6) is 0 Å². The van der Waals surface area contributed by atoms with Gasteiger partial charge in [-0.05, 0) is 0 Å². The molecular weight excluding hydrogens is 626 g/mol. The second kappa shape index (κ2) is 10.1. The third-order valence-corrected chi connectivity index (χ3v) is 14.6. The molecule has 0 aliphatic heterocycles. The molecule has 1 radical (unpaired) electrons. The Morgan fingerprint density at radius 3 is 0.744 bits per heavy atom. The molecule has 2 aliphatic rings. The standard InChI is InChI=1S/2C21H25.Sb/c2*1-20(2,3)16-7-9-18-14(12-16)11-15-13-17(21(4,5)6)8-10-19(15)18;/h2*7-13H,1-6H3;. The minimum absolute atomic E-state index is 0.128. The first-order valence-electron chi connectivity index (χ1n) is 16.1. The Morgan fingerprint density at radius 1 is 0.349 bits per heavy atom. The summed E-state index contributed by atoms with van der Waals surface area (Å²) in [5.74, 6) is 0. The maximum atomic E-state index is 2.58. The molecule has 223 valence electrons. The molecule has 0 N–H and O–H groups in total. The van der Waals surface area contributed by atoms with Crippen LogP contribution < -0.4 is 0 Å². The Kier molecular flexibility index (Phi) is 7.22. The van der Waals surface area contributed by atoms with E-state index in [0.717, 1.165) is 0 Å². The van der Waals surface area contributed by atoms with Gasteiger partial charge in [-0.3, -0.25) is 0 Å². The quantitative estimate of drug-likeness (QED) is 0.185. The first-order chi connectivity index (χ1) is 19.8. The van der Waals surface area contributed by atoms with Gasteiger partial charge in [-0.25, -0.2) is 0 Å². The van der Waals surface area contributed by atoms with Gasteiger partial charge in [0.2, 0.25) is 0 Å². The van der Waals surface area contributed by atoms with Crippen LogP contribution in [0.1, 0.15) is 135 Å². The second-order valence-corrected chi connectivity index (χ2v) is 21.0. The first-order valence-corrected chi connectivity index (χ1v) is 19.1. The zero-order valence-electron chi connectivity index (χ0n) is 28.5. The summed E-state index contributed by atoms with van der Waals surface area (Å²) in [5.41, 5.74) is 18.5. The summed E-state index contributed by atoms with van der Waals surface area (Å²) in [6.45, 7) is 28.3. The summed E-state index contributed by atoms with van der Waals surface area (Å²) in [7, 11) is 0. The van der Waals surface area contributed by atoms with Crippen LogP contribution in [0.3, 0.4) is 0 Å². The molecule has 0 bridgehead atoms. The zero-order chi connectivity index (χ0) is 31.3. The summed E-state index contributed by atoms with van der Waals surface area (Å²) in [6, 6.07) is 29.6. The fourth-order valence-electron chi connectivity index (χ4n) is 6.81. The van der Waals surface area contributed by atoms with Gasteiger partial charge in [-0.1, -0.05) is 0 Å². The Bertz CT molecular complexity index is 1470. The van der Waals surface area contributed by atoms with Crippen LogP contribution >= 0.6 is 0 Å². The average molecular weight is 677 g/mol. The number of hydrogen-bond acceptors (Lipinski definition) is 0. The average Bonchev–Trinajstić information content (AvgIpc) is 3.38. The molecule has 4 aromatic rings. The van der Waals surface area contributed by atoms with Gasteiger partial charge in [-0.2, -0.15) is 0 Å². The van der Waals surface area contributed by atoms with E-state index in [1.165, 1.54) is 44.5 Å². The number of rotatable bonds is 2. The van der Waals surface area contributed by atoms with Crippen LogP contribution in [0.25, 0.3) is 22.3 Å². The number of fused-ring (bicyclic) bond motifs is 6. The molecule has 0 saturated heterocycles. The summed E-state index contributed by atoms with van der Waals surface area (Å²) in [6.07, 6.45) is 0. The number of benzene rings is 4. The normalized spacial score (nSPS) is 15.3. The topological polar surface area (TPSA) is 0 Å². The van der Waals surface area contributed by atoms with Crippen molar-refractivity contribution < 1.29 is 0 Å². The molecule has 0 aromatic heterocycles. The Labute approximate surface area is 272 Å². The van der Waals surface area contributed by atoms with Gasteiger partial charge in [0, 0.05) is 0 Å². The second-order valence-electron chi connectivity index (χ2n) is 17.2. The molecule has 0 saturated carbocycles. The molecule has 0 atom stereocenters. The zero-order valence-corrected chi connectivity index (χ0v) is 31.1. The molecule has 43 heavy (non-hydrogen) atoms. The molecule has 4 aromatic carbocycles. The third kappa shape index (κ3) is 5.45. The van der Waals surface area contributed by atoms with Gasteiger partial charge in [0.25, 0.3) is 0 Å². The van der Waals surface area contributed by atoms with Gasteiger partial charge < -0.3 is 0 Å². The van der Waals surface area contributed by atoms with E-state index in [1.807, 2.05) is 0 Å². The predicted octanol–water partition coefficient (Wildman–Crippen LogP) is 11.4. The van der Waals surface area contributed by atoms with Gasteiger partial charge >= 0.3 is 274 Å². The van der Waals surface area contributed by atoms with Crippen molar-refractivity contribution in [2.75, 3.05) is 0 Å². The molecule has 6 rings (SSSR count). The van der Waals surface area contributed by atoms with Crippen molar-refractivity contribution in [3.63, 3.8) is 0 Å². The van der Waals surface area contributed by atoms with E-state index in [2.05, 4.69) is 156 Å². The van der Waals surface area contributed by atoms with Crippen LogP contribution in [-0.2, 0) is 21.7 Å². The van der Waals surface area contributed by atoms with E-state index in [4.69, 9.17) is 0 Å². The van der Waals surface area contributed by atoms with Crippen molar-refractivity contribution in [3.05, 3.63) is 117 Å². The van der Waals surface area contributed by atoms with Crippen LogP contribution in [0.2, 0.25) is 0 Å². The molecule has 0 spiro atoms. The molecule has 0 unspecified atom stereocenters. The van der Waals surface area contributed by atoms with Crippen LogP contribution in [0, 0.1) is 0 Å². The monoisotopic (exact) mass is 675 g/mol. The fraction of sp³-hybridized carbons (Fsp3) is 0.429. The van der Waals surface area contributed by atoms with Crippen LogP contribution in [-0.4, -0.2) is 21.6 Å². The van der Waals surface area contributed by atoms with Crippen molar-refractivity contribution in [2.45, 2.75) is 112 Å². The minimum atomic E-state index is -0.853. The van der Waals surface area contributed by atoms with E-state index in [0.29, 0.717) is 7.73 Å². The van der Waals surface area contributed by atoms with Gasteiger partial charge in [-0.15, -0.1) is 0 Å². The van der Waals surface area contributed by atoms with E-state index in [9.17, 15) is 0 Å². The van der Waals surface area contributed by atoms with E-state index >= 15 is 0 Å². The maximum absolute atomic E-state index is 2.58. The molecule has 2 aliphatic carbocycles. The molecule has 0 nitrogen and oxygen atoms in total. The molecule has 0 heterocycles. The van der Waals surface area contributed by atoms with Crippen molar-refractivity contribution in [1.29, 1.82) is 0 Å². The summed E-state index contributed by atoms with van der Waals surface area (Å²) in [4.78, 5) is 0. The van der Waals surface area contributed by atoms with Crippen molar-refractivity contribution in [3.8, 4) is 22.3 Å². The summed E-state index contributed by atoms with van der Waals surface area (Å²) < 4.78 is 1.01. The summed E-state index contributed by atoms with van der Waals surface area (Å²) in [5, 5.41) is 0. The fourth-order valence-corrected chi connectivity index (χ4v) is 11.9. The number of hydrogen-bond donors (Lipinski definition) is 0.